The van der Waals surface area contributed by atoms with Gasteiger partial charge in [-0.25, -0.2) is 4.79 Å². The topological polar surface area (TPSA) is 84.7 Å². The van der Waals surface area contributed by atoms with Crippen molar-refractivity contribution in [2.75, 3.05) is 25.0 Å². The Morgan fingerprint density at radius 3 is 2.82 bits per heavy atom. The first-order valence-corrected chi connectivity index (χ1v) is 6.88. The summed E-state index contributed by atoms with van der Waals surface area (Å²) in [6.45, 7) is 2.47. The number of hydrogen-bond donors (Lipinski definition) is 1. The van der Waals surface area contributed by atoms with E-state index < -0.39 is 6.09 Å². The van der Waals surface area contributed by atoms with Gasteiger partial charge in [0.2, 0.25) is 11.8 Å². The first kappa shape index (κ1) is 14.1. The van der Waals surface area contributed by atoms with E-state index >= 15 is 0 Å². The lowest BCUT2D eigenvalue weighted by molar-refractivity contribution is -0.116. The van der Waals surface area contributed by atoms with Crippen LogP contribution in [0.2, 0.25) is 0 Å². The van der Waals surface area contributed by atoms with Gasteiger partial charge in [-0.15, -0.1) is 0 Å². The van der Waals surface area contributed by atoms with Crippen LogP contribution in [0.15, 0.2) is 34.9 Å². The van der Waals surface area contributed by atoms with Crippen LogP contribution in [0.1, 0.15) is 5.56 Å². The molecule has 0 spiro atoms. The van der Waals surface area contributed by atoms with E-state index in [9.17, 15) is 9.59 Å². The summed E-state index contributed by atoms with van der Waals surface area (Å²) >= 11 is 0. The van der Waals surface area contributed by atoms with Crippen LogP contribution in [0, 0.1) is 6.92 Å². The lowest BCUT2D eigenvalue weighted by Crippen LogP contribution is -2.33. The Kier molecular flexibility index (Phi) is 3.78. The molecule has 1 N–H and O–H groups in total. The number of anilines is 1. The fraction of sp³-hybridized carbons (Fsp3) is 0.267. The summed E-state index contributed by atoms with van der Waals surface area (Å²) in [5.74, 6) is -0.0610. The Morgan fingerprint density at radius 1 is 1.36 bits per heavy atom. The van der Waals surface area contributed by atoms with Crippen molar-refractivity contribution < 1.29 is 18.8 Å². The Hall–Kier alpha value is -2.83. The summed E-state index contributed by atoms with van der Waals surface area (Å²) in [4.78, 5) is 24.6. The molecule has 1 fully saturated rings. The Morgan fingerprint density at radius 2 is 2.14 bits per heavy atom. The summed E-state index contributed by atoms with van der Waals surface area (Å²) in [7, 11) is 0. The minimum Gasteiger partial charge on any atom is -0.448 e. The Bertz CT molecular complexity index is 696. The van der Waals surface area contributed by atoms with Crippen LogP contribution in [0.4, 0.5) is 10.7 Å². The van der Waals surface area contributed by atoms with Gasteiger partial charge in [0.25, 0.3) is 0 Å². The molecule has 7 heteroatoms. The molecule has 3 rings (SSSR count). The molecule has 2 heterocycles. The smallest absolute Gasteiger partial charge is 0.410 e. The molecule has 7 nitrogen and oxygen atoms in total. The summed E-state index contributed by atoms with van der Waals surface area (Å²) < 4.78 is 9.97. The summed E-state index contributed by atoms with van der Waals surface area (Å²) in [5.41, 5.74) is 2.33. The van der Waals surface area contributed by atoms with Gasteiger partial charge in [-0.1, -0.05) is 35.5 Å². The second-order valence-corrected chi connectivity index (χ2v) is 4.94. The van der Waals surface area contributed by atoms with Crippen LogP contribution < -0.4 is 5.32 Å². The van der Waals surface area contributed by atoms with Crippen LogP contribution >= 0.6 is 0 Å². The van der Waals surface area contributed by atoms with Crippen molar-refractivity contribution in [1.82, 2.24) is 10.1 Å². The standard InChI is InChI=1S/C15H15N3O4/c1-10-13(11-5-3-2-4-6-11)17-22-14(10)16-12(19)9-18-7-8-21-15(18)20/h2-6H,7-9H2,1H3,(H,16,19). The number of rotatable bonds is 4. The predicted octanol–water partition coefficient (Wildman–Crippen LogP) is 2.04. The maximum Gasteiger partial charge on any atom is 0.410 e. The zero-order valence-electron chi connectivity index (χ0n) is 12.0. The molecule has 2 aromatic rings. The van der Waals surface area contributed by atoms with Gasteiger partial charge in [-0.05, 0) is 6.92 Å². The molecule has 1 aliphatic rings. The van der Waals surface area contributed by atoms with E-state index in [0.29, 0.717) is 18.8 Å². The van der Waals surface area contributed by atoms with Crippen molar-refractivity contribution in [3.05, 3.63) is 35.9 Å². The molecular formula is C15H15N3O4. The Labute approximate surface area is 126 Å². The monoisotopic (exact) mass is 301 g/mol. The lowest BCUT2D eigenvalue weighted by Gasteiger charge is -2.11. The Balaban J connectivity index is 1.70. The number of nitrogens with zero attached hydrogens (tertiary/aromatic N) is 2. The van der Waals surface area contributed by atoms with E-state index in [1.54, 1.807) is 0 Å². The van der Waals surface area contributed by atoms with Gasteiger partial charge in [0.1, 0.15) is 18.8 Å². The van der Waals surface area contributed by atoms with Crippen LogP contribution in [0.5, 0.6) is 0 Å². The highest BCUT2D eigenvalue weighted by atomic mass is 16.6. The lowest BCUT2D eigenvalue weighted by atomic mass is 10.1. The van der Waals surface area contributed by atoms with Crippen molar-refractivity contribution >= 4 is 17.9 Å². The zero-order valence-corrected chi connectivity index (χ0v) is 12.0. The predicted molar refractivity (Wildman–Crippen MR) is 78.2 cm³/mol. The highest BCUT2D eigenvalue weighted by molar-refractivity contribution is 5.94. The molecule has 1 aliphatic heterocycles. The molecular weight excluding hydrogens is 286 g/mol. The maximum atomic E-state index is 12.0. The highest BCUT2D eigenvalue weighted by Crippen LogP contribution is 2.27. The fourth-order valence-corrected chi connectivity index (χ4v) is 2.23. The second kappa shape index (κ2) is 5.88. The van der Waals surface area contributed by atoms with Crippen molar-refractivity contribution in [1.29, 1.82) is 0 Å². The normalized spacial score (nSPS) is 14.0. The highest BCUT2D eigenvalue weighted by Gasteiger charge is 2.25. The average Bonchev–Trinajstić information content (AvgIpc) is 3.07. The van der Waals surface area contributed by atoms with Crippen LogP contribution in [0.25, 0.3) is 11.3 Å². The molecule has 114 valence electrons. The van der Waals surface area contributed by atoms with E-state index in [0.717, 1.165) is 11.1 Å². The molecule has 1 saturated heterocycles. The molecule has 0 saturated carbocycles. The van der Waals surface area contributed by atoms with Crippen molar-refractivity contribution in [2.45, 2.75) is 6.92 Å². The second-order valence-electron chi connectivity index (χ2n) is 4.94. The molecule has 2 amide bonds. The largest absolute Gasteiger partial charge is 0.448 e. The number of benzene rings is 1. The fourth-order valence-electron chi connectivity index (χ4n) is 2.23. The average molecular weight is 301 g/mol. The summed E-state index contributed by atoms with van der Waals surface area (Å²) in [6, 6.07) is 9.55. The van der Waals surface area contributed by atoms with Gasteiger partial charge in [-0.2, -0.15) is 0 Å². The van der Waals surface area contributed by atoms with E-state index in [2.05, 4.69) is 10.5 Å². The number of hydrogen-bond acceptors (Lipinski definition) is 5. The molecule has 1 aromatic heterocycles. The molecule has 0 atom stereocenters. The molecule has 1 aromatic carbocycles. The van der Waals surface area contributed by atoms with E-state index in [1.807, 2.05) is 37.3 Å². The third-order valence-corrected chi connectivity index (χ3v) is 3.40. The minimum atomic E-state index is -0.477. The van der Waals surface area contributed by atoms with Gasteiger partial charge in [0, 0.05) is 11.1 Å². The number of amides is 2. The van der Waals surface area contributed by atoms with E-state index in [4.69, 9.17) is 9.26 Å². The maximum absolute atomic E-state index is 12.0. The summed E-state index contributed by atoms with van der Waals surface area (Å²) in [6.07, 6.45) is -0.477. The number of cyclic esters (lactones) is 1. The SMILES string of the molecule is Cc1c(-c2ccccc2)noc1NC(=O)CN1CCOC1=O. The first-order chi connectivity index (χ1) is 10.6. The van der Waals surface area contributed by atoms with Crippen molar-refractivity contribution in [2.24, 2.45) is 0 Å². The van der Waals surface area contributed by atoms with Gasteiger partial charge in [0.15, 0.2) is 0 Å². The van der Waals surface area contributed by atoms with Crippen molar-refractivity contribution in [3.8, 4) is 11.3 Å². The van der Waals surface area contributed by atoms with Gasteiger partial charge in [-0.3, -0.25) is 15.0 Å². The summed E-state index contributed by atoms with van der Waals surface area (Å²) in [5, 5.41) is 6.62. The molecule has 0 bridgehead atoms. The minimum absolute atomic E-state index is 0.0698. The third kappa shape index (κ3) is 2.78. The van der Waals surface area contributed by atoms with Crippen LogP contribution in [-0.4, -0.2) is 41.8 Å². The molecule has 22 heavy (non-hydrogen) atoms. The number of ether oxygens (including phenoxy) is 1. The van der Waals surface area contributed by atoms with Gasteiger partial charge < -0.3 is 9.26 Å². The first-order valence-electron chi connectivity index (χ1n) is 6.88. The quantitative estimate of drug-likeness (QED) is 0.934. The number of aromatic nitrogens is 1. The van der Waals surface area contributed by atoms with Gasteiger partial charge >= 0.3 is 6.09 Å². The van der Waals surface area contributed by atoms with E-state index in [1.165, 1.54) is 4.90 Å². The number of carbonyl (C=O) groups excluding carboxylic acids is 2. The van der Waals surface area contributed by atoms with E-state index in [-0.39, 0.29) is 18.3 Å². The number of nitrogens with one attached hydrogen (secondary N) is 1. The molecule has 0 unspecified atom stereocenters. The van der Waals surface area contributed by atoms with Crippen molar-refractivity contribution in [3.63, 3.8) is 0 Å². The number of carbonyl (C=O) groups is 2. The molecule has 0 aliphatic carbocycles. The van der Waals surface area contributed by atoms with Crippen LogP contribution in [-0.2, 0) is 9.53 Å². The van der Waals surface area contributed by atoms with Crippen LogP contribution in [0.3, 0.4) is 0 Å². The zero-order chi connectivity index (χ0) is 15.5. The van der Waals surface area contributed by atoms with Gasteiger partial charge in [0.05, 0.1) is 6.54 Å². The third-order valence-electron chi connectivity index (χ3n) is 3.40. The molecule has 0 radical (unpaired) electrons.